The van der Waals surface area contributed by atoms with E-state index in [9.17, 15) is 0 Å². The summed E-state index contributed by atoms with van der Waals surface area (Å²) in [5.41, 5.74) is 7.01. The molecule has 5 heteroatoms. The summed E-state index contributed by atoms with van der Waals surface area (Å²) in [6, 6.07) is 5.24. The van der Waals surface area contributed by atoms with Crippen LogP contribution in [0.4, 0.5) is 5.82 Å². The number of halogens is 2. The van der Waals surface area contributed by atoms with Gasteiger partial charge in [-0.2, -0.15) is 0 Å². The lowest BCUT2D eigenvalue weighted by molar-refractivity contribution is 1.28. The molecule has 2 heterocycles. The van der Waals surface area contributed by atoms with Crippen LogP contribution in [0.5, 0.6) is 0 Å². The van der Waals surface area contributed by atoms with Gasteiger partial charge in [-0.3, -0.25) is 4.98 Å². The van der Waals surface area contributed by atoms with Crippen LogP contribution in [0.25, 0.3) is 11.3 Å². The van der Waals surface area contributed by atoms with Gasteiger partial charge in [0.05, 0.1) is 15.7 Å². The zero-order chi connectivity index (χ0) is 10.8. The highest BCUT2D eigenvalue weighted by Gasteiger charge is 2.08. The zero-order valence-electron chi connectivity index (χ0n) is 7.61. The number of rotatable bonds is 1. The first kappa shape index (κ1) is 10.2. The third kappa shape index (κ3) is 2.03. The van der Waals surface area contributed by atoms with Gasteiger partial charge in [0, 0.05) is 18.0 Å². The molecule has 0 aliphatic heterocycles. The van der Waals surface area contributed by atoms with Crippen molar-refractivity contribution in [3.63, 3.8) is 0 Å². The summed E-state index contributed by atoms with van der Waals surface area (Å²) in [4.78, 5) is 8.10. The van der Waals surface area contributed by atoms with E-state index in [1.165, 1.54) is 0 Å². The molecule has 0 aromatic carbocycles. The first-order valence-electron chi connectivity index (χ1n) is 4.20. The number of nitrogens with zero attached hydrogens (tertiary/aromatic N) is 2. The molecule has 0 bridgehead atoms. The van der Waals surface area contributed by atoms with Gasteiger partial charge in [-0.15, -0.1) is 0 Å². The largest absolute Gasteiger partial charge is 0.382 e. The van der Waals surface area contributed by atoms with Gasteiger partial charge in [0.1, 0.15) is 5.82 Å². The first-order valence-corrected chi connectivity index (χ1v) is 4.96. The third-order valence-corrected chi connectivity index (χ3v) is 2.48. The Morgan fingerprint density at radius 3 is 2.67 bits per heavy atom. The van der Waals surface area contributed by atoms with E-state index in [2.05, 4.69) is 9.97 Å². The fraction of sp³-hybridized carbons (Fsp3) is 0. The molecule has 2 aromatic heterocycles. The molecule has 0 amide bonds. The molecule has 0 spiro atoms. The molecule has 0 aliphatic carbocycles. The van der Waals surface area contributed by atoms with E-state index >= 15 is 0 Å². The van der Waals surface area contributed by atoms with Crippen LogP contribution in [0.2, 0.25) is 10.0 Å². The van der Waals surface area contributed by atoms with Gasteiger partial charge in [0.15, 0.2) is 0 Å². The second kappa shape index (κ2) is 4.04. The molecule has 2 N–H and O–H groups in total. The average Bonchev–Trinajstić information content (AvgIpc) is 2.25. The number of nitrogens with two attached hydrogens (primary N) is 1. The molecule has 0 aliphatic rings. The minimum Gasteiger partial charge on any atom is -0.382 e. The van der Waals surface area contributed by atoms with Crippen molar-refractivity contribution in [1.29, 1.82) is 0 Å². The number of hydrogen-bond acceptors (Lipinski definition) is 3. The molecule has 0 saturated heterocycles. The van der Waals surface area contributed by atoms with Crippen molar-refractivity contribution < 1.29 is 0 Å². The summed E-state index contributed by atoms with van der Waals surface area (Å²) in [6.45, 7) is 0. The second-order valence-corrected chi connectivity index (χ2v) is 3.74. The van der Waals surface area contributed by atoms with Gasteiger partial charge < -0.3 is 5.73 Å². The van der Waals surface area contributed by atoms with Gasteiger partial charge in [-0.05, 0) is 18.2 Å². The molecule has 2 aromatic rings. The van der Waals surface area contributed by atoms with E-state index in [1.807, 2.05) is 6.07 Å². The smallest absolute Gasteiger partial charge is 0.143 e. The van der Waals surface area contributed by atoms with E-state index in [0.29, 0.717) is 15.7 Å². The Hall–Kier alpha value is -1.32. The standard InChI is InChI=1S/C10H7Cl2N3/c11-7-4-8(12)10(13)15-9(7)6-2-1-3-14-5-6/h1-5H,(H2,13,15). The molecule has 0 radical (unpaired) electrons. The lowest BCUT2D eigenvalue weighted by Crippen LogP contribution is -1.94. The summed E-state index contributed by atoms with van der Waals surface area (Å²) < 4.78 is 0. The van der Waals surface area contributed by atoms with E-state index in [1.54, 1.807) is 24.5 Å². The number of anilines is 1. The predicted octanol–water partition coefficient (Wildman–Crippen LogP) is 3.03. The molecule has 0 fully saturated rings. The number of nitrogen functional groups attached to an aromatic ring is 1. The van der Waals surface area contributed by atoms with Crippen LogP contribution in [0, 0.1) is 0 Å². The Morgan fingerprint density at radius 1 is 1.20 bits per heavy atom. The van der Waals surface area contributed by atoms with Gasteiger partial charge in [0.2, 0.25) is 0 Å². The topological polar surface area (TPSA) is 51.8 Å². The molecule has 0 unspecified atom stereocenters. The first-order chi connectivity index (χ1) is 7.18. The highest BCUT2D eigenvalue weighted by atomic mass is 35.5. The van der Waals surface area contributed by atoms with Crippen molar-refractivity contribution in [3.8, 4) is 11.3 Å². The monoisotopic (exact) mass is 239 g/mol. The SMILES string of the molecule is Nc1nc(-c2cccnc2)c(Cl)cc1Cl. The lowest BCUT2D eigenvalue weighted by atomic mass is 10.2. The minimum absolute atomic E-state index is 0.264. The predicted molar refractivity (Wildman–Crippen MR) is 61.9 cm³/mol. The maximum Gasteiger partial charge on any atom is 0.143 e. The molecule has 0 saturated carbocycles. The summed E-state index contributed by atoms with van der Waals surface area (Å²) in [7, 11) is 0. The maximum absolute atomic E-state index is 6.01. The summed E-state index contributed by atoms with van der Waals surface area (Å²) in [6.07, 6.45) is 3.35. The van der Waals surface area contributed by atoms with Gasteiger partial charge >= 0.3 is 0 Å². The van der Waals surface area contributed by atoms with Crippen molar-refractivity contribution in [2.45, 2.75) is 0 Å². The van der Waals surface area contributed by atoms with Crippen LogP contribution in [0.3, 0.4) is 0 Å². The summed E-state index contributed by atoms with van der Waals surface area (Å²) >= 11 is 11.8. The molecule has 0 atom stereocenters. The Balaban J connectivity index is 2.59. The van der Waals surface area contributed by atoms with Crippen molar-refractivity contribution in [3.05, 3.63) is 40.6 Å². The van der Waals surface area contributed by atoms with Gasteiger partial charge in [-0.1, -0.05) is 23.2 Å². The van der Waals surface area contributed by atoms with E-state index < -0.39 is 0 Å². The normalized spacial score (nSPS) is 10.3. The van der Waals surface area contributed by atoms with Crippen molar-refractivity contribution in [1.82, 2.24) is 9.97 Å². The highest BCUT2D eigenvalue weighted by molar-refractivity contribution is 6.37. The van der Waals surface area contributed by atoms with Gasteiger partial charge in [0.25, 0.3) is 0 Å². The highest BCUT2D eigenvalue weighted by Crippen LogP contribution is 2.30. The lowest BCUT2D eigenvalue weighted by Gasteiger charge is -2.05. The van der Waals surface area contributed by atoms with Gasteiger partial charge in [-0.25, -0.2) is 4.98 Å². The van der Waals surface area contributed by atoms with Crippen molar-refractivity contribution >= 4 is 29.0 Å². The van der Waals surface area contributed by atoms with Crippen LogP contribution in [-0.4, -0.2) is 9.97 Å². The van der Waals surface area contributed by atoms with Crippen LogP contribution in [0.1, 0.15) is 0 Å². The van der Waals surface area contributed by atoms with E-state index in [-0.39, 0.29) is 5.82 Å². The Kier molecular flexibility index (Phi) is 2.75. The number of hydrogen-bond donors (Lipinski definition) is 1. The van der Waals surface area contributed by atoms with Crippen LogP contribution >= 0.6 is 23.2 Å². The average molecular weight is 240 g/mol. The molecular weight excluding hydrogens is 233 g/mol. The minimum atomic E-state index is 0.264. The molecule has 15 heavy (non-hydrogen) atoms. The second-order valence-electron chi connectivity index (χ2n) is 2.93. The molecule has 3 nitrogen and oxygen atoms in total. The number of pyridine rings is 2. The Labute approximate surface area is 96.9 Å². The Morgan fingerprint density at radius 2 is 2.00 bits per heavy atom. The fourth-order valence-electron chi connectivity index (χ4n) is 1.19. The molecular formula is C10H7Cl2N3. The fourth-order valence-corrected chi connectivity index (χ4v) is 1.65. The maximum atomic E-state index is 6.01. The molecule has 2 rings (SSSR count). The number of aromatic nitrogens is 2. The summed E-state index contributed by atoms with van der Waals surface area (Å²) in [5, 5.41) is 0.815. The Bertz CT molecular complexity index is 486. The quantitative estimate of drug-likeness (QED) is 0.833. The van der Waals surface area contributed by atoms with Crippen molar-refractivity contribution in [2.75, 3.05) is 5.73 Å². The zero-order valence-corrected chi connectivity index (χ0v) is 9.13. The van der Waals surface area contributed by atoms with Crippen LogP contribution < -0.4 is 5.73 Å². The molecule has 76 valence electrons. The van der Waals surface area contributed by atoms with Crippen LogP contribution in [-0.2, 0) is 0 Å². The van der Waals surface area contributed by atoms with E-state index in [4.69, 9.17) is 28.9 Å². The van der Waals surface area contributed by atoms with E-state index in [0.717, 1.165) is 5.56 Å². The summed E-state index contributed by atoms with van der Waals surface area (Å²) in [5.74, 6) is 0.264. The third-order valence-electron chi connectivity index (χ3n) is 1.89. The van der Waals surface area contributed by atoms with Crippen molar-refractivity contribution in [2.24, 2.45) is 0 Å². The van der Waals surface area contributed by atoms with Crippen LogP contribution in [0.15, 0.2) is 30.6 Å².